The summed E-state index contributed by atoms with van der Waals surface area (Å²) in [5, 5.41) is 1.16. The number of fused-ring (bicyclic) bond motifs is 1. The van der Waals surface area contributed by atoms with Gasteiger partial charge in [0, 0.05) is 22.7 Å². The molecule has 0 aliphatic carbocycles. The zero-order chi connectivity index (χ0) is 17.5. The standard InChI is InChI=1S/C16H19ClN2O3S2/c1-10(2)15(20)18-16-19(7-11-5-3-4-6-12(11)17)13-8-24(21,22)9-14(13)23-16/h3-6,10,13-14H,7-9H2,1-2H3/t13-,14+/m0/s1. The van der Waals surface area contributed by atoms with Crippen molar-refractivity contribution in [2.24, 2.45) is 10.9 Å². The van der Waals surface area contributed by atoms with Crippen molar-refractivity contribution in [3.8, 4) is 0 Å². The molecule has 2 heterocycles. The minimum Gasteiger partial charge on any atom is -0.342 e. The van der Waals surface area contributed by atoms with Crippen LogP contribution in [0.1, 0.15) is 19.4 Å². The van der Waals surface area contributed by atoms with Crippen molar-refractivity contribution >= 4 is 44.3 Å². The van der Waals surface area contributed by atoms with Crippen molar-refractivity contribution in [2.45, 2.75) is 31.7 Å². The fourth-order valence-corrected chi connectivity index (χ4v) is 7.01. The van der Waals surface area contributed by atoms with Gasteiger partial charge in [0.05, 0.1) is 17.5 Å². The molecule has 2 atom stereocenters. The highest BCUT2D eigenvalue weighted by Crippen LogP contribution is 2.39. The van der Waals surface area contributed by atoms with Crippen LogP contribution in [0, 0.1) is 5.92 Å². The Morgan fingerprint density at radius 2 is 2.08 bits per heavy atom. The minimum absolute atomic E-state index is 0.0730. The Morgan fingerprint density at radius 3 is 2.75 bits per heavy atom. The number of rotatable bonds is 3. The maximum Gasteiger partial charge on any atom is 0.250 e. The second-order valence-electron chi connectivity index (χ2n) is 6.41. The lowest BCUT2D eigenvalue weighted by molar-refractivity contribution is -0.120. The fourth-order valence-electron chi connectivity index (χ4n) is 2.85. The van der Waals surface area contributed by atoms with E-state index in [4.69, 9.17) is 11.6 Å². The van der Waals surface area contributed by atoms with Crippen LogP contribution < -0.4 is 0 Å². The lowest BCUT2D eigenvalue weighted by Gasteiger charge is -2.25. The van der Waals surface area contributed by atoms with Crippen molar-refractivity contribution < 1.29 is 13.2 Å². The van der Waals surface area contributed by atoms with Gasteiger partial charge in [-0.3, -0.25) is 4.79 Å². The van der Waals surface area contributed by atoms with Gasteiger partial charge < -0.3 is 4.90 Å². The average Bonchev–Trinajstić information content (AvgIpc) is 2.94. The molecule has 0 N–H and O–H groups in total. The largest absolute Gasteiger partial charge is 0.342 e. The van der Waals surface area contributed by atoms with Gasteiger partial charge in [-0.2, -0.15) is 4.99 Å². The molecule has 3 rings (SSSR count). The van der Waals surface area contributed by atoms with E-state index in [1.165, 1.54) is 11.8 Å². The van der Waals surface area contributed by atoms with Gasteiger partial charge in [0.1, 0.15) is 0 Å². The van der Waals surface area contributed by atoms with E-state index in [1.807, 2.05) is 23.1 Å². The normalized spacial score (nSPS) is 27.0. The molecule has 0 spiro atoms. The summed E-state index contributed by atoms with van der Waals surface area (Å²) in [4.78, 5) is 18.2. The van der Waals surface area contributed by atoms with E-state index in [2.05, 4.69) is 4.99 Å². The molecule has 2 aliphatic heterocycles. The summed E-state index contributed by atoms with van der Waals surface area (Å²) >= 11 is 7.64. The van der Waals surface area contributed by atoms with Crippen LogP contribution in [0.15, 0.2) is 29.3 Å². The van der Waals surface area contributed by atoms with Gasteiger partial charge in [-0.25, -0.2) is 8.42 Å². The molecule has 24 heavy (non-hydrogen) atoms. The zero-order valence-corrected chi connectivity index (χ0v) is 15.9. The van der Waals surface area contributed by atoms with E-state index in [0.717, 1.165) is 5.56 Å². The third-order valence-corrected chi connectivity index (χ3v) is 7.79. The maximum absolute atomic E-state index is 12.0. The number of sulfone groups is 1. The van der Waals surface area contributed by atoms with Crippen LogP contribution in [0.25, 0.3) is 0 Å². The first kappa shape index (κ1) is 17.8. The third kappa shape index (κ3) is 3.63. The SMILES string of the molecule is CC(C)C(=O)N=C1S[C@@H]2CS(=O)(=O)C[C@@H]2N1Cc1ccccc1Cl. The van der Waals surface area contributed by atoms with E-state index in [0.29, 0.717) is 16.7 Å². The Labute approximate surface area is 151 Å². The number of thioether (sulfide) groups is 1. The highest BCUT2D eigenvalue weighted by molar-refractivity contribution is 8.15. The van der Waals surface area contributed by atoms with Crippen LogP contribution in [0.3, 0.4) is 0 Å². The molecule has 5 nitrogen and oxygen atoms in total. The average molecular weight is 387 g/mol. The Bertz CT molecular complexity index is 792. The summed E-state index contributed by atoms with van der Waals surface area (Å²) in [6.45, 7) is 4.05. The first-order valence-corrected chi connectivity index (χ1v) is 10.8. The number of amidine groups is 1. The summed E-state index contributed by atoms with van der Waals surface area (Å²) in [6, 6.07) is 7.30. The second-order valence-corrected chi connectivity index (χ2v) is 10.2. The van der Waals surface area contributed by atoms with Crippen LogP contribution in [0.5, 0.6) is 0 Å². The molecule has 0 bridgehead atoms. The smallest absolute Gasteiger partial charge is 0.250 e. The first-order chi connectivity index (χ1) is 11.3. The Balaban J connectivity index is 1.93. The summed E-state index contributed by atoms with van der Waals surface area (Å²) in [7, 11) is -3.04. The van der Waals surface area contributed by atoms with Crippen molar-refractivity contribution in [1.82, 2.24) is 4.90 Å². The van der Waals surface area contributed by atoms with E-state index in [9.17, 15) is 13.2 Å². The monoisotopic (exact) mass is 386 g/mol. The summed E-state index contributed by atoms with van der Waals surface area (Å²) in [6.07, 6.45) is 0. The van der Waals surface area contributed by atoms with Gasteiger partial charge in [-0.15, -0.1) is 0 Å². The van der Waals surface area contributed by atoms with E-state index >= 15 is 0 Å². The summed E-state index contributed by atoms with van der Waals surface area (Å²) in [5.74, 6) is -0.144. The van der Waals surface area contributed by atoms with E-state index in [-0.39, 0.29) is 34.6 Å². The molecule has 2 saturated heterocycles. The number of halogens is 1. The number of amides is 1. The van der Waals surface area contributed by atoms with Crippen molar-refractivity contribution in [3.63, 3.8) is 0 Å². The van der Waals surface area contributed by atoms with Gasteiger partial charge in [0.25, 0.3) is 5.91 Å². The highest BCUT2D eigenvalue weighted by atomic mass is 35.5. The molecule has 0 radical (unpaired) electrons. The number of hydrogen-bond donors (Lipinski definition) is 0. The molecular formula is C16H19ClN2O3S2. The van der Waals surface area contributed by atoms with Gasteiger partial charge >= 0.3 is 0 Å². The van der Waals surface area contributed by atoms with Crippen LogP contribution in [0.4, 0.5) is 0 Å². The quantitative estimate of drug-likeness (QED) is 0.798. The van der Waals surface area contributed by atoms with Gasteiger partial charge in [0.2, 0.25) is 0 Å². The third-order valence-electron chi connectivity index (χ3n) is 4.17. The van der Waals surface area contributed by atoms with Crippen molar-refractivity contribution in [3.05, 3.63) is 34.9 Å². The lowest BCUT2D eigenvalue weighted by atomic mass is 10.1. The molecule has 0 aromatic heterocycles. The van der Waals surface area contributed by atoms with Crippen LogP contribution in [0.2, 0.25) is 5.02 Å². The molecule has 2 aliphatic rings. The fraction of sp³-hybridized carbons (Fsp3) is 0.500. The molecule has 1 amide bonds. The number of aliphatic imine (C=N–C) groups is 1. The van der Waals surface area contributed by atoms with Crippen LogP contribution in [-0.4, -0.2) is 47.2 Å². The maximum atomic E-state index is 12.0. The Morgan fingerprint density at radius 1 is 1.38 bits per heavy atom. The van der Waals surface area contributed by atoms with Gasteiger partial charge in [0.15, 0.2) is 15.0 Å². The first-order valence-electron chi connectivity index (χ1n) is 7.76. The Kier molecular flexibility index (Phi) is 4.95. The number of nitrogens with zero attached hydrogens (tertiary/aromatic N) is 2. The zero-order valence-electron chi connectivity index (χ0n) is 13.5. The van der Waals surface area contributed by atoms with Gasteiger partial charge in [-0.05, 0) is 11.6 Å². The predicted molar refractivity (Wildman–Crippen MR) is 98.1 cm³/mol. The van der Waals surface area contributed by atoms with E-state index < -0.39 is 9.84 Å². The molecule has 0 unspecified atom stereocenters. The van der Waals surface area contributed by atoms with E-state index in [1.54, 1.807) is 19.9 Å². The number of carbonyl (C=O) groups excluding carboxylic acids is 1. The molecule has 8 heteroatoms. The second kappa shape index (κ2) is 6.69. The highest BCUT2D eigenvalue weighted by Gasteiger charge is 2.48. The predicted octanol–water partition coefficient (Wildman–Crippen LogP) is 2.59. The Hall–Kier alpha value is -1.05. The molecule has 2 fully saturated rings. The van der Waals surface area contributed by atoms with Crippen molar-refractivity contribution in [1.29, 1.82) is 0 Å². The molecule has 1 aromatic rings. The van der Waals surface area contributed by atoms with Crippen molar-refractivity contribution in [2.75, 3.05) is 11.5 Å². The lowest BCUT2D eigenvalue weighted by Crippen LogP contribution is -2.37. The van der Waals surface area contributed by atoms with Gasteiger partial charge in [-0.1, -0.05) is 55.4 Å². The van der Waals surface area contributed by atoms with Crippen LogP contribution in [-0.2, 0) is 21.2 Å². The number of benzene rings is 1. The molecule has 0 saturated carbocycles. The number of hydrogen-bond acceptors (Lipinski definition) is 4. The molecular weight excluding hydrogens is 368 g/mol. The summed E-state index contributed by atoms with van der Waals surface area (Å²) in [5.41, 5.74) is 0.898. The molecule has 1 aromatic carbocycles. The number of carbonyl (C=O) groups is 1. The summed E-state index contributed by atoms with van der Waals surface area (Å²) < 4.78 is 23.9. The molecule has 130 valence electrons. The topological polar surface area (TPSA) is 66.8 Å². The minimum atomic E-state index is -3.04. The van der Waals surface area contributed by atoms with Crippen LogP contribution >= 0.6 is 23.4 Å².